The second-order valence-electron chi connectivity index (χ2n) is 6.13. The minimum Gasteiger partial charge on any atom is -0.393 e. The number of hydrogen-bond donors (Lipinski definition) is 2. The van der Waals surface area contributed by atoms with E-state index in [0.717, 1.165) is 51.9 Å². The number of anilines is 1. The Morgan fingerprint density at radius 3 is 2.50 bits per heavy atom. The molecule has 2 amide bonds. The number of nitrogens with one attached hydrogen (secondary N) is 1. The van der Waals surface area contributed by atoms with Gasteiger partial charge in [0.2, 0.25) is 0 Å². The van der Waals surface area contributed by atoms with Gasteiger partial charge in [0.1, 0.15) is 5.82 Å². The number of aliphatic hydroxyl groups excluding tert-OH is 1. The number of amides is 2. The van der Waals surface area contributed by atoms with Crippen molar-refractivity contribution in [1.29, 1.82) is 0 Å². The molecule has 2 aliphatic rings. The number of pyridine rings is 1. The van der Waals surface area contributed by atoms with Gasteiger partial charge in [0.15, 0.2) is 0 Å². The highest BCUT2D eigenvalue weighted by Crippen LogP contribution is 2.21. The molecule has 0 radical (unpaired) electrons. The van der Waals surface area contributed by atoms with E-state index in [0.29, 0.717) is 11.9 Å². The number of piperidine rings is 2. The van der Waals surface area contributed by atoms with Gasteiger partial charge in [0.05, 0.1) is 6.10 Å². The van der Waals surface area contributed by atoms with Gasteiger partial charge >= 0.3 is 6.03 Å². The molecular weight excluding hydrogens is 280 g/mol. The first-order valence-corrected chi connectivity index (χ1v) is 8.11. The quantitative estimate of drug-likeness (QED) is 0.869. The molecule has 0 bridgehead atoms. The van der Waals surface area contributed by atoms with E-state index in [4.69, 9.17) is 0 Å². The van der Waals surface area contributed by atoms with Crippen molar-refractivity contribution in [2.24, 2.45) is 0 Å². The van der Waals surface area contributed by atoms with Gasteiger partial charge in [0.25, 0.3) is 0 Å². The number of hydrogen-bond acceptors (Lipinski definition) is 4. The molecule has 120 valence electrons. The maximum Gasteiger partial charge on any atom is 0.323 e. The molecule has 0 unspecified atom stereocenters. The van der Waals surface area contributed by atoms with Crippen LogP contribution in [-0.4, -0.2) is 64.2 Å². The summed E-state index contributed by atoms with van der Waals surface area (Å²) < 4.78 is 0. The SMILES string of the molecule is O=C(Nc1ccccn1)N1CCC(N2CCC(O)CC2)CC1. The largest absolute Gasteiger partial charge is 0.393 e. The minimum absolute atomic E-state index is 0.0637. The zero-order chi connectivity index (χ0) is 15.4. The normalized spacial score (nSPS) is 21.8. The Morgan fingerprint density at radius 1 is 1.14 bits per heavy atom. The van der Waals surface area contributed by atoms with E-state index in [9.17, 15) is 9.90 Å². The first-order valence-electron chi connectivity index (χ1n) is 8.11. The summed E-state index contributed by atoms with van der Waals surface area (Å²) in [7, 11) is 0. The van der Waals surface area contributed by atoms with Gasteiger partial charge in [-0.2, -0.15) is 0 Å². The highest BCUT2D eigenvalue weighted by molar-refractivity contribution is 5.88. The summed E-state index contributed by atoms with van der Waals surface area (Å²) in [4.78, 5) is 20.7. The van der Waals surface area contributed by atoms with E-state index in [1.807, 2.05) is 17.0 Å². The summed E-state index contributed by atoms with van der Waals surface area (Å²) in [6.07, 6.45) is 5.31. The number of nitrogens with zero attached hydrogens (tertiary/aromatic N) is 3. The molecule has 3 rings (SSSR count). The third-order valence-corrected chi connectivity index (χ3v) is 4.67. The molecule has 22 heavy (non-hydrogen) atoms. The zero-order valence-electron chi connectivity index (χ0n) is 12.8. The topological polar surface area (TPSA) is 68.7 Å². The summed E-state index contributed by atoms with van der Waals surface area (Å²) >= 11 is 0. The van der Waals surface area contributed by atoms with Gasteiger partial charge in [-0.3, -0.25) is 5.32 Å². The fourth-order valence-electron chi connectivity index (χ4n) is 3.31. The van der Waals surface area contributed by atoms with E-state index in [2.05, 4.69) is 15.2 Å². The lowest BCUT2D eigenvalue weighted by Crippen LogP contribution is -2.50. The first-order chi connectivity index (χ1) is 10.7. The van der Waals surface area contributed by atoms with Crippen molar-refractivity contribution in [3.05, 3.63) is 24.4 Å². The van der Waals surface area contributed by atoms with Crippen LogP contribution >= 0.6 is 0 Å². The van der Waals surface area contributed by atoms with E-state index in [1.54, 1.807) is 12.3 Å². The van der Waals surface area contributed by atoms with Crippen molar-refractivity contribution >= 4 is 11.8 Å². The Labute approximate surface area is 131 Å². The number of aliphatic hydroxyl groups is 1. The van der Waals surface area contributed by atoms with Gasteiger partial charge in [0, 0.05) is 38.4 Å². The molecule has 6 heteroatoms. The summed E-state index contributed by atoms with van der Waals surface area (Å²) in [6, 6.07) is 5.97. The Kier molecular flexibility index (Phi) is 4.90. The van der Waals surface area contributed by atoms with Crippen LogP contribution in [0.2, 0.25) is 0 Å². The van der Waals surface area contributed by atoms with Crippen LogP contribution < -0.4 is 5.32 Å². The zero-order valence-corrected chi connectivity index (χ0v) is 12.8. The molecule has 0 atom stereocenters. The van der Waals surface area contributed by atoms with Crippen LogP contribution in [0.5, 0.6) is 0 Å². The summed E-state index contributed by atoms with van der Waals surface area (Å²) in [6.45, 7) is 3.52. The third-order valence-electron chi connectivity index (χ3n) is 4.67. The minimum atomic E-state index is -0.125. The molecule has 6 nitrogen and oxygen atoms in total. The van der Waals surface area contributed by atoms with Gasteiger partial charge < -0.3 is 14.9 Å². The highest BCUT2D eigenvalue weighted by Gasteiger charge is 2.29. The molecule has 0 aliphatic carbocycles. The fourth-order valence-corrected chi connectivity index (χ4v) is 3.31. The first kappa shape index (κ1) is 15.2. The summed E-state index contributed by atoms with van der Waals surface area (Å²) in [5, 5.41) is 12.4. The van der Waals surface area contributed by atoms with E-state index in [-0.39, 0.29) is 12.1 Å². The molecule has 0 aromatic carbocycles. The van der Waals surface area contributed by atoms with Crippen molar-refractivity contribution < 1.29 is 9.90 Å². The maximum atomic E-state index is 12.2. The lowest BCUT2D eigenvalue weighted by Gasteiger charge is -2.41. The molecule has 2 aliphatic heterocycles. The number of urea groups is 1. The number of carbonyl (C=O) groups is 1. The van der Waals surface area contributed by atoms with E-state index < -0.39 is 0 Å². The predicted molar refractivity (Wildman–Crippen MR) is 84.7 cm³/mol. The molecule has 1 aromatic heterocycles. The monoisotopic (exact) mass is 304 g/mol. The highest BCUT2D eigenvalue weighted by atomic mass is 16.3. The molecule has 0 spiro atoms. The maximum absolute atomic E-state index is 12.2. The average molecular weight is 304 g/mol. The number of rotatable bonds is 2. The summed E-state index contributed by atoms with van der Waals surface area (Å²) in [5.41, 5.74) is 0. The van der Waals surface area contributed by atoms with Crippen LogP contribution in [-0.2, 0) is 0 Å². The average Bonchev–Trinajstić information content (AvgIpc) is 2.57. The van der Waals surface area contributed by atoms with Crippen LogP contribution in [0.1, 0.15) is 25.7 Å². The molecule has 1 aromatic rings. The van der Waals surface area contributed by atoms with Crippen LogP contribution in [0, 0.1) is 0 Å². The Bertz CT molecular complexity index is 480. The lowest BCUT2D eigenvalue weighted by molar-refractivity contribution is 0.0437. The van der Waals surface area contributed by atoms with Crippen molar-refractivity contribution in [2.75, 3.05) is 31.5 Å². The number of carbonyl (C=O) groups excluding carboxylic acids is 1. The lowest BCUT2D eigenvalue weighted by atomic mass is 9.99. The van der Waals surface area contributed by atoms with Crippen molar-refractivity contribution in [3.8, 4) is 0 Å². The second kappa shape index (κ2) is 7.07. The van der Waals surface area contributed by atoms with Gasteiger partial charge in [-0.1, -0.05) is 6.07 Å². The predicted octanol–water partition coefficient (Wildman–Crippen LogP) is 1.53. The third kappa shape index (κ3) is 3.75. The summed E-state index contributed by atoms with van der Waals surface area (Å²) in [5.74, 6) is 0.597. The Balaban J connectivity index is 1.46. The van der Waals surface area contributed by atoms with Crippen LogP contribution in [0.15, 0.2) is 24.4 Å². The molecular formula is C16H24N4O2. The van der Waals surface area contributed by atoms with Crippen molar-refractivity contribution in [1.82, 2.24) is 14.8 Å². The number of aromatic nitrogens is 1. The Hall–Kier alpha value is -1.66. The molecule has 2 saturated heterocycles. The molecule has 2 N–H and O–H groups in total. The van der Waals surface area contributed by atoms with Crippen LogP contribution in [0.3, 0.4) is 0 Å². The molecule has 3 heterocycles. The van der Waals surface area contributed by atoms with Crippen molar-refractivity contribution in [2.45, 2.75) is 37.8 Å². The molecule has 2 fully saturated rings. The van der Waals surface area contributed by atoms with Crippen LogP contribution in [0.25, 0.3) is 0 Å². The Morgan fingerprint density at radius 2 is 1.86 bits per heavy atom. The van der Waals surface area contributed by atoms with Crippen molar-refractivity contribution in [3.63, 3.8) is 0 Å². The molecule has 0 saturated carbocycles. The smallest absolute Gasteiger partial charge is 0.323 e. The van der Waals surface area contributed by atoms with Crippen LogP contribution in [0.4, 0.5) is 10.6 Å². The van der Waals surface area contributed by atoms with Gasteiger partial charge in [-0.25, -0.2) is 9.78 Å². The van der Waals surface area contributed by atoms with Gasteiger partial charge in [-0.05, 0) is 37.8 Å². The van der Waals surface area contributed by atoms with E-state index in [1.165, 1.54) is 0 Å². The number of likely N-dealkylation sites (tertiary alicyclic amines) is 2. The van der Waals surface area contributed by atoms with E-state index >= 15 is 0 Å². The van der Waals surface area contributed by atoms with Gasteiger partial charge in [-0.15, -0.1) is 0 Å². The fraction of sp³-hybridized carbons (Fsp3) is 0.625. The standard InChI is InChI=1S/C16H24N4O2/c21-14-6-11-19(12-7-14)13-4-9-20(10-5-13)16(22)18-15-3-1-2-8-17-15/h1-3,8,13-14,21H,4-7,9-12H2,(H,17,18,22). The second-order valence-corrected chi connectivity index (χ2v) is 6.13.